The van der Waals surface area contributed by atoms with Crippen molar-refractivity contribution < 1.29 is 31.1 Å². The highest BCUT2D eigenvalue weighted by atomic mass is 32.2. The van der Waals surface area contributed by atoms with Gasteiger partial charge in [-0.2, -0.15) is 4.31 Å². The minimum Gasteiger partial charge on any atom is -0.493 e. The number of carbonyl (C=O) groups is 1. The van der Waals surface area contributed by atoms with Crippen LogP contribution in [-0.4, -0.2) is 38.3 Å². The zero-order chi connectivity index (χ0) is 21.2. The molecule has 0 atom stereocenters. The van der Waals surface area contributed by atoms with E-state index in [-0.39, 0.29) is 11.4 Å². The predicted octanol–water partition coefficient (Wildman–Crippen LogP) is 3.08. The van der Waals surface area contributed by atoms with Gasteiger partial charge in [-0.25, -0.2) is 21.6 Å². The second kappa shape index (κ2) is 8.42. The van der Waals surface area contributed by atoms with Crippen LogP contribution in [0.25, 0.3) is 0 Å². The molecule has 1 amide bonds. The van der Waals surface area contributed by atoms with Gasteiger partial charge in [-0.05, 0) is 42.3 Å². The van der Waals surface area contributed by atoms with Crippen LogP contribution in [0, 0.1) is 17.5 Å². The summed E-state index contributed by atoms with van der Waals surface area (Å²) in [5, 5.41) is 2.09. The molecule has 0 aliphatic carbocycles. The maximum Gasteiger partial charge on any atom is 0.243 e. The van der Waals surface area contributed by atoms with E-state index in [1.807, 2.05) is 0 Å². The molecule has 29 heavy (non-hydrogen) atoms. The maximum atomic E-state index is 13.8. The van der Waals surface area contributed by atoms with Crippen molar-refractivity contribution in [2.75, 3.05) is 25.0 Å². The van der Waals surface area contributed by atoms with Crippen LogP contribution in [0.2, 0.25) is 0 Å². The van der Waals surface area contributed by atoms with Gasteiger partial charge in [-0.3, -0.25) is 4.79 Å². The summed E-state index contributed by atoms with van der Waals surface area (Å²) in [5.41, 5.74) is 0.188. The lowest BCUT2D eigenvalue weighted by molar-refractivity contribution is -0.116. The van der Waals surface area contributed by atoms with Gasteiger partial charge in [-0.15, -0.1) is 0 Å². The summed E-state index contributed by atoms with van der Waals surface area (Å²) >= 11 is 0. The van der Waals surface area contributed by atoms with E-state index in [0.717, 1.165) is 15.9 Å². The molecule has 1 heterocycles. The SMILES string of the molecule is CCCN(CC(=O)Nc1ccc(F)c(F)c1F)S(=O)(=O)c1ccc2c(c1)CCO2. The van der Waals surface area contributed by atoms with Crippen LogP contribution < -0.4 is 10.1 Å². The molecule has 0 aromatic heterocycles. The largest absolute Gasteiger partial charge is 0.493 e. The van der Waals surface area contributed by atoms with Gasteiger partial charge in [0.15, 0.2) is 17.5 Å². The molecule has 0 saturated carbocycles. The Kier molecular flexibility index (Phi) is 6.13. The van der Waals surface area contributed by atoms with Crippen LogP contribution in [0.15, 0.2) is 35.2 Å². The van der Waals surface area contributed by atoms with E-state index in [2.05, 4.69) is 5.32 Å². The van der Waals surface area contributed by atoms with E-state index in [9.17, 15) is 26.4 Å². The van der Waals surface area contributed by atoms with Crippen molar-refractivity contribution in [3.63, 3.8) is 0 Å². The second-order valence-electron chi connectivity index (χ2n) is 6.48. The third-order valence-electron chi connectivity index (χ3n) is 4.40. The molecule has 0 spiro atoms. The second-order valence-corrected chi connectivity index (χ2v) is 8.42. The summed E-state index contributed by atoms with van der Waals surface area (Å²) in [6, 6.07) is 6.00. The Labute approximate surface area is 166 Å². The van der Waals surface area contributed by atoms with Crippen molar-refractivity contribution in [2.45, 2.75) is 24.7 Å². The lowest BCUT2D eigenvalue weighted by Gasteiger charge is -2.21. The number of carbonyl (C=O) groups excluding carboxylic acids is 1. The number of ether oxygens (including phenoxy) is 1. The monoisotopic (exact) mass is 428 g/mol. The minimum absolute atomic E-state index is 0.0157. The lowest BCUT2D eigenvalue weighted by atomic mass is 10.2. The molecular weight excluding hydrogens is 409 g/mol. The summed E-state index contributed by atoms with van der Waals surface area (Å²) in [4.78, 5) is 12.3. The normalized spacial score (nSPS) is 13.3. The Hall–Kier alpha value is -2.59. The first-order valence-electron chi connectivity index (χ1n) is 8.93. The zero-order valence-electron chi connectivity index (χ0n) is 15.5. The molecule has 1 aliphatic rings. The molecule has 0 radical (unpaired) electrons. The van der Waals surface area contributed by atoms with Crippen molar-refractivity contribution in [3.05, 3.63) is 53.3 Å². The number of hydrogen-bond acceptors (Lipinski definition) is 4. The molecule has 0 saturated heterocycles. The molecule has 0 unspecified atom stereocenters. The smallest absolute Gasteiger partial charge is 0.243 e. The van der Waals surface area contributed by atoms with Crippen molar-refractivity contribution in [2.24, 2.45) is 0 Å². The topological polar surface area (TPSA) is 75.7 Å². The lowest BCUT2D eigenvalue weighted by Crippen LogP contribution is -2.38. The number of nitrogens with one attached hydrogen (secondary N) is 1. The molecule has 6 nitrogen and oxygen atoms in total. The highest BCUT2D eigenvalue weighted by Gasteiger charge is 2.28. The Bertz CT molecular complexity index is 1040. The van der Waals surface area contributed by atoms with Gasteiger partial charge in [0.25, 0.3) is 0 Å². The number of amides is 1. The fraction of sp³-hybridized carbons (Fsp3) is 0.316. The van der Waals surface area contributed by atoms with Crippen LogP contribution in [-0.2, 0) is 21.2 Å². The maximum absolute atomic E-state index is 13.8. The summed E-state index contributed by atoms with van der Waals surface area (Å²) in [6.45, 7) is 1.65. The highest BCUT2D eigenvalue weighted by Crippen LogP contribution is 2.29. The number of anilines is 1. The van der Waals surface area contributed by atoms with Crippen molar-refractivity contribution >= 4 is 21.6 Å². The Morgan fingerprint density at radius 2 is 1.93 bits per heavy atom. The van der Waals surface area contributed by atoms with Gasteiger partial charge in [0.2, 0.25) is 15.9 Å². The molecule has 2 aromatic rings. The molecule has 3 rings (SSSR count). The van der Waals surface area contributed by atoms with Crippen LogP contribution in [0.3, 0.4) is 0 Å². The van der Waals surface area contributed by atoms with E-state index in [1.165, 1.54) is 12.1 Å². The molecule has 0 fully saturated rings. The van der Waals surface area contributed by atoms with Crippen molar-refractivity contribution in [1.82, 2.24) is 4.31 Å². The fourth-order valence-corrected chi connectivity index (χ4v) is 4.52. The molecule has 1 N–H and O–H groups in total. The average molecular weight is 428 g/mol. The van der Waals surface area contributed by atoms with Gasteiger partial charge in [0.1, 0.15) is 5.75 Å². The van der Waals surface area contributed by atoms with Crippen molar-refractivity contribution in [3.8, 4) is 5.75 Å². The summed E-state index contributed by atoms with van der Waals surface area (Å²) in [7, 11) is -4.01. The highest BCUT2D eigenvalue weighted by molar-refractivity contribution is 7.89. The van der Waals surface area contributed by atoms with Gasteiger partial charge in [0.05, 0.1) is 23.7 Å². The minimum atomic E-state index is -4.01. The fourth-order valence-electron chi connectivity index (χ4n) is 2.98. The standard InChI is InChI=1S/C19H19F3N2O4S/c1-2-8-24(11-17(25)23-15-5-4-14(20)18(21)19(15)22)29(26,27)13-3-6-16-12(10-13)7-9-28-16/h3-6,10H,2,7-9,11H2,1H3,(H,23,25). The molecule has 0 bridgehead atoms. The van der Waals surface area contributed by atoms with Gasteiger partial charge < -0.3 is 10.1 Å². The van der Waals surface area contributed by atoms with Gasteiger partial charge in [0, 0.05) is 13.0 Å². The molecule has 156 valence electrons. The third-order valence-corrected chi connectivity index (χ3v) is 6.24. The third kappa shape index (κ3) is 4.38. The number of sulfonamides is 1. The quantitative estimate of drug-likeness (QED) is 0.688. The van der Waals surface area contributed by atoms with Crippen LogP contribution in [0.5, 0.6) is 5.75 Å². The van der Waals surface area contributed by atoms with Crippen LogP contribution in [0.1, 0.15) is 18.9 Å². The van der Waals surface area contributed by atoms with E-state index in [1.54, 1.807) is 13.0 Å². The van der Waals surface area contributed by atoms with E-state index >= 15 is 0 Å². The summed E-state index contributed by atoms with van der Waals surface area (Å²) in [6.07, 6.45) is 1.02. The molecule has 2 aromatic carbocycles. The van der Waals surface area contributed by atoms with Crippen LogP contribution >= 0.6 is 0 Å². The molecular formula is C19H19F3N2O4S. The first kappa shape index (κ1) is 21.1. The number of benzene rings is 2. The number of fused-ring (bicyclic) bond motifs is 1. The first-order chi connectivity index (χ1) is 13.7. The Balaban J connectivity index is 1.80. The van der Waals surface area contributed by atoms with Gasteiger partial charge in [-0.1, -0.05) is 6.92 Å². The van der Waals surface area contributed by atoms with E-state index in [4.69, 9.17) is 4.74 Å². The average Bonchev–Trinajstić information content (AvgIpc) is 3.16. The van der Waals surface area contributed by atoms with Crippen molar-refractivity contribution in [1.29, 1.82) is 0 Å². The summed E-state index contributed by atoms with van der Waals surface area (Å²) in [5.74, 6) is -4.92. The number of halogens is 3. The first-order valence-corrected chi connectivity index (χ1v) is 10.4. The summed E-state index contributed by atoms with van der Waals surface area (Å²) < 4.78 is 72.4. The zero-order valence-corrected chi connectivity index (χ0v) is 16.4. The molecule has 1 aliphatic heterocycles. The predicted molar refractivity (Wildman–Crippen MR) is 99.6 cm³/mol. The van der Waals surface area contributed by atoms with E-state index in [0.29, 0.717) is 31.3 Å². The number of hydrogen-bond donors (Lipinski definition) is 1. The van der Waals surface area contributed by atoms with E-state index < -0.39 is 45.6 Å². The Morgan fingerprint density at radius 1 is 1.17 bits per heavy atom. The van der Waals surface area contributed by atoms with Crippen LogP contribution in [0.4, 0.5) is 18.9 Å². The number of rotatable bonds is 7. The molecule has 10 heteroatoms. The Morgan fingerprint density at radius 3 is 2.66 bits per heavy atom. The van der Waals surface area contributed by atoms with Gasteiger partial charge >= 0.3 is 0 Å². The number of nitrogens with zero attached hydrogens (tertiary/aromatic N) is 1.